The van der Waals surface area contributed by atoms with Gasteiger partial charge in [-0.25, -0.2) is 19.6 Å². The van der Waals surface area contributed by atoms with Gasteiger partial charge in [0, 0.05) is 1.43 Å². The lowest BCUT2D eigenvalue weighted by Crippen LogP contribution is -2.00. The topological polar surface area (TPSA) is 77.3 Å². The van der Waals surface area contributed by atoms with Crippen LogP contribution in [0.2, 0.25) is 0 Å². The van der Waals surface area contributed by atoms with E-state index in [1.807, 2.05) is 0 Å². The van der Waals surface area contributed by atoms with Crippen LogP contribution in [-0.4, -0.2) is 30.6 Å². The Labute approximate surface area is 93.5 Å². The zero-order valence-electron chi connectivity index (χ0n) is 8.67. The second-order valence-corrected chi connectivity index (χ2v) is 2.64. The van der Waals surface area contributed by atoms with Gasteiger partial charge < -0.3 is 9.47 Å². The van der Waals surface area contributed by atoms with E-state index in [2.05, 4.69) is 26.0 Å². The molecule has 0 saturated heterocycles. The molecule has 0 bridgehead atoms. The molecule has 0 unspecified atom stereocenters. The maximum Gasteiger partial charge on any atom is 0.356 e. The standard InChI is InChI=1S/2C5H5NO2.H2/c2*1-2-4-6-3-5(7)8-4;/h2-3H,1H3;2H,1,3H2;1H/b4-2+;;/i;;1+1. The molecule has 6 nitrogen and oxygen atoms in total. The lowest BCUT2D eigenvalue weighted by molar-refractivity contribution is -0.132. The van der Waals surface area contributed by atoms with E-state index < -0.39 is 5.97 Å². The minimum Gasteiger partial charge on any atom is -0.406 e. The van der Waals surface area contributed by atoms with Crippen molar-refractivity contribution in [1.82, 2.24) is 0 Å². The third-order valence-electron chi connectivity index (χ3n) is 1.51. The van der Waals surface area contributed by atoms with Gasteiger partial charge in [0.25, 0.3) is 0 Å². The van der Waals surface area contributed by atoms with Gasteiger partial charge in [-0.3, -0.25) is 0 Å². The van der Waals surface area contributed by atoms with E-state index in [0.717, 1.165) is 6.21 Å². The van der Waals surface area contributed by atoms with E-state index in [-0.39, 0.29) is 13.9 Å². The molecule has 0 N–H and O–H groups in total. The number of carbonyl (C=O) groups is 2. The number of hydrogen-bond acceptors (Lipinski definition) is 6. The number of rotatable bonds is 1. The molecule has 0 aliphatic carbocycles. The first-order valence-electron chi connectivity index (χ1n) is 4.45. The number of esters is 2. The van der Waals surface area contributed by atoms with Crippen molar-refractivity contribution in [1.29, 1.82) is 0 Å². The van der Waals surface area contributed by atoms with Crippen LogP contribution >= 0.6 is 0 Å². The first-order valence-corrected chi connectivity index (χ1v) is 4.45. The maximum absolute atomic E-state index is 10.2. The van der Waals surface area contributed by atoms with Crippen molar-refractivity contribution in [3.63, 3.8) is 0 Å². The van der Waals surface area contributed by atoms with Gasteiger partial charge in [0.15, 0.2) is 0 Å². The van der Waals surface area contributed by atoms with Crippen LogP contribution in [0.5, 0.6) is 0 Å². The Morgan fingerprint density at radius 2 is 2.25 bits per heavy atom. The highest BCUT2D eigenvalue weighted by Gasteiger charge is 2.11. The Hall–Kier alpha value is -2.24. The average Bonchev–Trinajstić information content (AvgIpc) is 2.88. The molecule has 0 aromatic rings. The van der Waals surface area contributed by atoms with Crippen LogP contribution in [-0.2, 0) is 19.1 Å². The molecule has 6 heteroatoms. The fourth-order valence-corrected chi connectivity index (χ4v) is 0.835. The van der Waals surface area contributed by atoms with Gasteiger partial charge in [0.05, 0.1) is 0 Å². The molecule has 0 radical (unpaired) electrons. The van der Waals surface area contributed by atoms with Crippen molar-refractivity contribution in [2.75, 3.05) is 6.54 Å². The summed E-state index contributed by atoms with van der Waals surface area (Å²) in [7, 11) is 0. The Kier molecular flexibility index (Phi) is 4.14. The number of hydrogen-bond donors (Lipinski definition) is 0. The summed E-state index contributed by atoms with van der Waals surface area (Å²) < 4.78 is 9.01. The molecule has 0 amide bonds. The summed E-state index contributed by atoms with van der Waals surface area (Å²) in [5.74, 6) is 0.0167. The predicted octanol–water partition coefficient (Wildman–Crippen LogP) is 0.849. The van der Waals surface area contributed by atoms with Crippen molar-refractivity contribution in [2.24, 2.45) is 9.98 Å². The Bertz CT molecular complexity index is 410. The van der Waals surface area contributed by atoms with Gasteiger partial charge >= 0.3 is 11.9 Å². The van der Waals surface area contributed by atoms with Gasteiger partial charge in [-0.05, 0) is 19.1 Å². The largest absolute Gasteiger partial charge is 0.406 e. The molecular formula is C10H12N2O4. The monoisotopic (exact) mass is 225 g/mol. The molecule has 0 fully saturated rings. The SMILES string of the molecule is C/C=C1\N=CC(=O)O1.C=CC1=NCC(=O)O1.[2HH]. The van der Waals surface area contributed by atoms with Gasteiger partial charge in [0.1, 0.15) is 12.8 Å². The highest BCUT2D eigenvalue weighted by Crippen LogP contribution is 2.03. The van der Waals surface area contributed by atoms with Crippen molar-refractivity contribution < 1.29 is 20.5 Å². The van der Waals surface area contributed by atoms with E-state index in [1.165, 1.54) is 6.08 Å². The van der Waals surface area contributed by atoms with Crippen LogP contribution in [0.4, 0.5) is 0 Å². The molecule has 0 aromatic carbocycles. The van der Waals surface area contributed by atoms with Crippen LogP contribution < -0.4 is 0 Å². The van der Waals surface area contributed by atoms with Crippen LogP contribution in [0, 0.1) is 0 Å². The number of cyclic esters (lactones) is 2. The molecule has 2 heterocycles. The van der Waals surface area contributed by atoms with E-state index in [9.17, 15) is 9.59 Å². The number of nitrogens with zero attached hydrogens (tertiary/aromatic N) is 2. The second-order valence-electron chi connectivity index (χ2n) is 2.64. The quantitative estimate of drug-likeness (QED) is 0.620. The fraction of sp³-hybridized carbons (Fsp3) is 0.200. The molecule has 2 aliphatic heterocycles. The molecule has 16 heavy (non-hydrogen) atoms. The van der Waals surface area contributed by atoms with Crippen LogP contribution in [0.15, 0.2) is 34.6 Å². The highest BCUT2D eigenvalue weighted by molar-refractivity contribution is 6.25. The summed E-state index contributed by atoms with van der Waals surface area (Å²) in [5, 5.41) is 0. The lowest BCUT2D eigenvalue weighted by Gasteiger charge is -1.86. The Balaban J connectivity index is 0.000000284. The average molecular weight is 225 g/mol. The molecule has 2 aliphatic rings. The minimum atomic E-state index is -0.391. The van der Waals surface area contributed by atoms with Crippen LogP contribution in [0.3, 0.4) is 0 Å². The lowest BCUT2D eigenvalue weighted by atomic mass is 10.6. The molecule has 0 spiro atoms. The molecule has 86 valence electrons. The van der Waals surface area contributed by atoms with Crippen LogP contribution in [0.25, 0.3) is 0 Å². The summed E-state index contributed by atoms with van der Waals surface area (Å²) in [5.41, 5.74) is 0. The molecule has 0 saturated carbocycles. The van der Waals surface area contributed by atoms with E-state index in [4.69, 9.17) is 0 Å². The fourth-order valence-electron chi connectivity index (χ4n) is 0.835. The maximum atomic E-state index is 10.2. The Morgan fingerprint density at radius 3 is 2.50 bits per heavy atom. The zero-order valence-corrected chi connectivity index (χ0v) is 8.67. The minimum absolute atomic E-state index is 0. The number of carbonyl (C=O) groups excluding carboxylic acids is 2. The van der Waals surface area contributed by atoms with E-state index >= 15 is 0 Å². The summed E-state index contributed by atoms with van der Waals surface area (Å²) in [6, 6.07) is 0. The number of allylic oxidation sites excluding steroid dienone is 1. The van der Waals surface area contributed by atoms with Gasteiger partial charge in [0.2, 0.25) is 11.8 Å². The smallest absolute Gasteiger partial charge is 0.356 e. The van der Waals surface area contributed by atoms with Crippen molar-refractivity contribution in [3.05, 3.63) is 24.6 Å². The van der Waals surface area contributed by atoms with E-state index in [0.29, 0.717) is 11.8 Å². The summed E-state index contributed by atoms with van der Waals surface area (Å²) in [6.07, 6.45) is 4.18. The normalized spacial score (nSPS) is 19.8. The van der Waals surface area contributed by atoms with Gasteiger partial charge in [-0.15, -0.1) is 0 Å². The first kappa shape index (κ1) is 11.8. The molecular weight excluding hydrogens is 212 g/mol. The molecule has 0 atom stereocenters. The summed E-state index contributed by atoms with van der Waals surface area (Å²) in [4.78, 5) is 27.7. The van der Waals surface area contributed by atoms with Crippen molar-refractivity contribution in [2.45, 2.75) is 6.92 Å². The second kappa shape index (κ2) is 5.59. The van der Waals surface area contributed by atoms with Gasteiger partial charge in [-0.2, -0.15) is 0 Å². The predicted molar refractivity (Wildman–Crippen MR) is 59.0 cm³/mol. The molecule has 2 rings (SSSR count). The van der Waals surface area contributed by atoms with E-state index in [1.54, 1.807) is 13.0 Å². The number of aliphatic imine (C=N–C) groups is 2. The summed E-state index contributed by atoms with van der Waals surface area (Å²) in [6.45, 7) is 5.26. The number of ether oxygens (including phenoxy) is 2. The zero-order chi connectivity index (χ0) is 12.0. The summed E-state index contributed by atoms with van der Waals surface area (Å²) >= 11 is 0. The third kappa shape index (κ3) is 3.49. The van der Waals surface area contributed by atoms with Crippen molar-refractivity contribution >= 4 is 24.1 Å². The van der Waals surface area contributed by atoms with Crippen molar-refractivity contribution in [3.8, 4) is 0 Å². The Morgan fingerprint density at radius 1 is 1.50 bits per heavy atom. The third-order valence-corrected chi connectivity index (χ3v) is 1.51. The van der Waals surface area contributed by atoms with Crippen LogP contribution in [0.1, 0.15) is 8.35 Å². The molecule has 0 aromatic heterocycles. The van der Waals surface area contributed by atoms with Gasteiger partial charge in [-0.1, -0.05) is 6.58 Å². The highest BCUT2D eigenvalue weighted by atomic mass is 16.6. The first-order chi connectivity index (χ1) is 7.65.